The van der Waals surface area contributed by atoms with Crippen molar-refractivity contribution in [2.75, 3.05) is 6.54 Å². The predicted molar refractivity (Wildman–Crippen MR) is 79.1 cm³/mol. The van der Waals surface area contributed by atoms with E-state index in [1.54, 1.807) is 0 Å². The van der Waals surface area contributed by atoms with Crippen LogP contribution >= 0.6 is 38.5 Å². The first kappa shape index (κ1) is 14.0. The van der Waals surface area contributed by atoms with Gasteiger partial charge in [0.2, 0.25) is 0 Å². The molecule has 0 aromatic heterocycles. The highest BCUT2D eigenvalue weighted by Gasteiger charge is 2.04. The molecule has 1 rings (SSSR count). The molecule has 16 heavy (non-hydrogen) atoms. The lowest BCUT2D eigenvalue weighted by Crippen LogP contribution is -2.24. The van der Waals surface area contributed by atoms with Crippen LogP contribution in [-0.2, 0) is 0 Å². The first-order valence-electron chi connectivity index (χ1n) is 5.27. The van der Waals surface area contributed by atoms with Gasteiger partial charge in [-0.1, -0.05) is 28.9 Å². The summed E-state index contributed by atoms with van der Waals surface area (Å²) in [7, 11) is 0. The molecule has 88 valence electrons. The van der Waals surface area contributed by atoms with Gasteiger partial charge in [-0.05, 0) is 53.6 Å². The zero-order valence-corrected chi connectivity index (χ0v) is 12.9. The van der Waals surface area contributed by atoms with Crippen molar-refractivity contribution in [3.63, 3.8) is 0 Å². The lowest BCUT2D eigenvalue weighted by molar-refractivity contribution is 0.0953. The molecule has 0 spiro atoms. The summed E-state index contributed by atoms with van der Waals surface area (Å²) in [6.45, 7) is 2.85. The van der Waals surface area contributed by atoms with E-state index in [1.165, 1.54) is 0 Å². The molecule has 1 atom stereocenters. The molecular formula is C12H15BrINO. The van der Waals surface area contributed by atoms with Gasteiger partial charge < -0.3 is 5.32 Å². The largest absolute Gasteiger partial charge is 0.352 e. The van der Waals surface area contributed by atoms with Gasteiger partial charge in [0.15, 0.2) is 0 Å². The summed E-state index contributed by atoms with van der Waals surface area (Å²) in [6.07, 6.45) is 2.08. The highest BCUT2D eigenvalue weighted by molar-refractivity contribution is 14.1. The fourth-order valence-corrected chi connectivity index (χ4v) is 2.18. The van der Waals surface area contributed by atoms with E-state index in [2.05, 4.69) is 50.8 Å². The molecule has 0 saturated carbocycles. The van der Waals surface area contributed by atoms with E-state index < -0.39 is 0 Å². The number of carbonyl (C=O) groups is 1. The average Bonchev–Trinajstić information content (AvgIpc) is 2.24. The molecule has 0 aliphatic rings. The third kappa shape index (κ3) is 5.30. The van der Waals surface area contributed by atoms with E-state index >= 15 is 0 Å². The maximum atomic E-state index is 11.7. The molecule has 0 radical (unpaired) electrons. The van der Waals surface area contributed by atoms with Gasteiger partial charge in [0.25, 0.3) is 5.91 Å². The lowest BCUT2D eigenvalue weighted by atomic mass is 10.2. The Hall–Kier alpha value is -0.100. The van der Waals surface area contributed by atoms with Crippen LogP contribution in [0.25, 0.3) is 0 Å². The van der Waals surface area contributed by atoms with Gasteiger partial charge in [-0.25, -0.2) is 0 Å². The molecule has 0 fully saturated rings. The van der Waals surface area contributed by atoms with Crippen LogP contribution in [0.1, 0.15) is 30.1 Å². The van der Waals surface area contributed by atoms with Crippen LogP contribution in [0.5, 0.6) is 0 Å². The highest BCUT2D eigenvalue weighted by Crippen LogP contribution is 2.08. The van der Waals surface area contributed by atoms with E-state index in [4.69, 9.17) is 0 Å². The van der Waals surface area contributed by atoms with Crippen molar-refractivity contribution < 1.29 is 4.79 Å². The fraction of sp³-hybridized carbons (Fsp3) is 0.417. The minimum atomic E-state index is 0.0146. The maximum Gasteiger partial charge on any atom is 0.251 e. The first-order chi connectivity index (χ1) is 7.59. The van der Waals surface area contributed by atoms with Gasteiger partial charge in [-0.15, -0.1) is 0 Å². The van der Waals surface area contributed by atoms with Crippen LogP contribution in [-0.4, -0.2) is 17.3 Å². The second kappa shape index (κ2) is 7.27. The zero-order valence-electron chi connectivity index (χ0n) is 9.17. The zero-order chi connectivity index (χ0) is 12.0. The second-order valence-electron chi connectivity index (χ2n) is 3.69. The quantitative estimate of drug-likeness (QED) is 0.460. The van der Waals surface area contributed by atoms with Gasteiger partial charge in [-0.2, -0.15) is 0 Å². The minimum absolute atomic E-state index is 0.0146. The van der Waals surface area contributed by atoms with Crippen molar-refractivity contribution in [2.24, 2.45) is 0 Å². The smallest absolute Gasteiger partial charge is 0.251 e. The Labute approximate surface area is 118 Å². The number of benzene rings is 1. The Morgan fingerprint density at radius 2 is 2.31 bits per heavy atom. The number of rotatable bonds is 5. The predicted octanol–water partition coefficient (Wildman–Crippen LogP) is 3.58. The summed E-state index contributed by atoms with van der Waals surface area (Å²) in [6, 6.07) is 7.61. The Morgan fingerprint density at radius 3 is 2.94 bits per heavy atom. The van der Waals surface area contributed by atoms with E-state index in [0.29, 0.717) is 4.83 Å². The number of hydrogen-bond donors (Lipinski definition) is 1. The number of halogens is 2. The Morgan fingerprint density at radius 1 is 1.56 bits per heavy atom. The maximum absolute atomic E-state index is 11.7. The number of amides is 1. The molecule has 4 heteroatoms. The number of hydrogen-bond acceptors (Lipinski definition) is 1. The van der Waals surface area contributed by atoms with Crippen LogP contribution in [0.2, 0.25) is 0 Å². The molecule has 0 aliphatic heterocycles. The average molecular weight is 396 g/mol. The van der Waals surface area contributed by atoms with Crippen molar-refractivity contribution in [1.82, 2.24) is 5.32 Å². The van der Waals surface area contributed by atoms with Crippen LogP contribution in [0, 0.1) is 3.57 Å². The third-order valence-corrected chi connectivity index (χ3v) is 3.28. The van der Waals surface area contributed by atoms with Crippen LogP contribution < -0.4 is 5.32 Å². The molecule has 1 aromatic rings. The van der Waals surface area contributed by atoms with E-state index in [9.17, 15) is 4.79 Å². The fourth-order valence-electron chi connectivity index (χ4n) is 1.32. The summed E-state index contributed by atoms with van der Waals surface area (Å²) in [5, 5.41) is 2.92. The molecule has 1 N–H and O–H groups in total. The minimum Gasteiger partial charge on any atom is -0.352 e. The molecule has 0 heterocycles. The SMILES string of the molecule is CC(Br)CCCNC(=O)c1cccc(I)c1. The van der Waals surface area contributed by atoms with Crippen LogP contribution in [0.3, 0.4) is 0 Å². The summed E-state index contributed by atoms with van der Waals surface area (Å²) in [4.78, 5) is 12.2. The lowest BCUT2D eigenvalue weighted by Gasteiger charge is -2.06. The standard InChI is InChI=1S/C12H15BrINO/c1-9(13)4-3-7-15-12(16)10-5-2-6-11(14)8-10/h2,5-6,8-9H,3-4,7H2,1H3,(H,15,16). The Kier molecular flexibility index (Phi) is 6.34. The topological polar surface area (TPSA) is 29.1 Å². The molecule has 0 bridgehead atoms. The third-order valence-electron chi connectivity index (χ3n) is 2.15. The molecule has 2 nitrogen and oxygen atoms in total. The van der Waals surface area contributed by atoms with Gasteiger partial charge in [-0.3, -0.25) is 4.79 Å². The summed E-state index contributed by atoms with van der Waals surface area (Å²) >= 11 is 5.69. The van der Waals surface area contributed by atoms with Crippen molar-refractivity contribution in [2.45, 2.75) is 24.6 Å². The van der Waals surface area contributed by atoms with Crippen molar-refractivity contribution in [3.8, 4) is 0 Å². The molecule has 0 aliphatic carbocycles. The molecule has 0 saturated heterocycles. The van der Waals surface area contributed by atoms with E-state index in [0.717, 1.165) is 28.5 Å². The van der Waals surface area contributed by atoms with Gasteiger partial charge in [0.05, 0.1) is 0 Å². The van der Waals surface area contributed by atoms with Gasteiger partial charge >= 0.3 is 0 Å². The monoisotopic (exact) mass is 395 g/mol. The van der Waals surface area contributed by atoms with Gasteiger partial charge in [0, 0.05) is 20.5 Å². The first-order valence-corrected chi connectivity index (χ1v) is 7.27. The van der Waals surface area contributed by atoms with E-state index in [1.807, 2.05) is 24.3 Å². The molecule has 1 unspecified atom stereocenters. The van der Waals surface area contributed by atoms with Crippen molar-refractivity contribution in [1.29, 1.82) is 0 Å². The molecular weight excluding hydrogens is 381 g/mol. The summed E-state index contributed by atoms with van der Waals surface area (Å²) in [5.74, 6) is 0.0146. The summed E-state index contributed by atoms with van der Waals surface area (Å²) < 4.78 is 1.08. The molecule has 1 aromatic carbocycles. The summed E-state index contributed by atoms with van der Waals surface area (Å²) in [5.41, 5.74) is 0.735. The Balaban J connectivity index is 2.35. The number of alkyl halides is 1. The van der Waals surface area contributed by atoms with Crippen LogP contribution in [0.4, 0.5) is 0 Å². The second-order valence-corrected chi connectivity index (χ2v) is 6.50. The van der Waals surface area contributed by atoms with Gasteiger partial charge in [0.1, 0.15) is 0 Å². The highest BCUT2D eigenvalue weighted by atomic mass is 127. The molecule has 1 amide bonds. The van der Waals surface area contributed by atoms with Crippen molar-refractivity contribution in [3.05, 3.63) is 33.4 Å². The van der Waals surface area contributed by atoms with Crippen molar-refractivity contribution >= 4 is 44.4 Å². The normalized spacial score (nSPS) is 12.2. The van der Waals surface area contributed by atoms with E-state index in [-0.39, 0.29) is 5.91 Å². The Bertz CT molecular complexity index is 355. The number of nitrogens with one attached hydrogen (secondary N) is 1. The van der Waals surface area contributed by atoms with Crippen LogP contribution in [0.15, 0.2) is 24.3 Å². The number of carbonyl (C=O) groups excluding carboxylic acids is 1.